The van der Waals surface area contributed by atoms with Gasteiger partial charge in [0.15, 0.2) is 0 Å². The molecule has 2 aromatic heterocycles. The van der Waals surface area contributed by atoms with Gasteiger partial charge in [-0.2, -0.15) is 0 Å². The molecule has 3 aromatic rings. The van der Waals surface area contributed by atoms with E-state index < -0.39 is 0 Å². The van der Waals surface area contributed by atoms with Crippen LogP contribution in [0.3, 0.4) is 0 Å². The number of nitrogens with zero attached hydrogens (tertiary/aromatic N) is 2. The normalized spacial score (nSPS) is 17.9. The number of benzene rings is 1. The molecule has 0 saturated carbocycles. The molecule has 0 saturated heterocycles. The second-order valence-corrected chi connectivity index (χ2v) is 6.77. The Morgan fingerprint density at radius 3 is 2.95 bits per heavy atom. The van der Waals surface area contributed by atoms with Crippen LogP contribution in [-0.2, 0) is 6.42 Å². The third kappa shape index (κ3) is 2.24. The molecule has 0 aliphatic heterocycles. The monoisotopic (exact) mass is 295 g/mol. The molecule has 4 heteroatoms. The lowest BCUT2D eigenvalue weighted by atomic mass is 9.99. The number of fused-ring (bicyclic) bond motifs is 2. The average Bonchev–Trinajstić information content (AvgIpc) is 2.92. The molecule has 1 aliphatic carbocycles. The third-order valence-electron chi connectivity index (χ3n) is 4.07. The van der Waals surface area contributed by atoms with Gasteiger partial charge in [0.05, 0.1) is 11.2 Å². The van der Waals surface area contributed by atoms with E-state index >= 15 is 0 Å². The maximum atomic E-state index is 6.18. The highest BCUT2D eigenvalue weighted by Crippen LogP contribution is 2.36. The summed E-state index contributed by atoms with van der Waals surface area (Å²) in [6.07, 6.45) is 3.35. The van der Waals surface area contributed by atoms with Crippen LogP contribution in [0.1, 0.15) is 35.1 Å². The van der Waals surface area contributed by atoms with Crippen LogP contribution >= 0.6 is 11.3 Å². The van der Waals surface area contributed by atoms with Crippen LogP contribution in [0.5, 0.6) is 0 Å². The van der Waals surface area contributed by atoms with Crippen LogP contribution in [-0.4, -0.2) is 9.97 Å². The number of hydrogen-bond donors (Lipinski definition) is 1. The Bertz CT molecular complexity index is 822. The van der Waals surface area contributed by atoms with Gasteiger partial charge < -0.3 is 5.73 Å². The van der Waals surface area contributed by atoms with Gasteiger partial charge in [0.2, 0.25) is 0 Å². The summed E-state index contributed by atoms with van der Waals surface area (Å²) in [7, 11) is 0. The molecule has 1 unspecified atom stereocenters. The van der Waals surface area contributed by atoms with E-state index in [1.54, 1.807) is 11.3 Å². The van der Waals surface area contributed by atoms with Crippen LogP contribution in [0, 0.1) is 6.92 Å². The molecule has 21 heavy (non-hydrogen) atoms. The Labute approximate surface area is 127 Å². The van der Waals surface area contributed by atoms with Gasteiger partial charge in [0.25, 0.3) is 0 Å². The van der Waals surface area contributed by atoms with Crippen molar-refractivity contribution in [3.8, 4) is 10.6 Å². The predicted octanol–water partition coefficient (Wildman–Crippen LogP) is 4.00. The minimum Gasteiger partial charge on any atom is -0.323 e. The van der Waals surface area contributed by atoms with Crippen LogP contribution in [0.15, 0.2) is 30.3 Å². The Kier molecular flexibility index (Phi) is 3.01. The van der Waals surface area contributed by atoms with Gasteiger partial charge in [-0.3, -0.25) is 4.98 Å². The quantitative estimate of drug-likeness (QED) is 0.738. The summed E-state index contributed by atoms with van der Waals surface area (Å²) in [5, 5.41) is 2.25. The lowest BCUT2D eigenvalue weighted by molar-refractivity contribution is 0.564. The van der Waals surface area contributed by atoms with Gasteiger partial charge in [-0.15, -0.1) is 11.3 Å². The fourth-order valence-electron chi connectivity index (χ4n) is 2.94. The second kappa shape index (κ2) is 4.90. The largest absolute Gasteiger partial charge is 0.323 e. The van der Waals surface area contributed by atoms with E-state index in [1.807, 2.05) is 6.92 Å². The third-order valence-corrected chi connectivity index (χ3v) is 5.25. The predicted molar refractivity (Wildman–Crippen MR) is 87.5 cm³/mol. The molecule has 0 bridgehead atoms. The summed E-state index contributed by atoms with van der Waals surface area (Å²) in [4.78, 5) is 10.7. The van der Waals surface area contributed by atoms with Crippen LogP contribution < -0.4 is 5.73 Å². The highest BCUT2D eigenvalue weighted by atomic mass is 32.1. The zero-order valence-electron chi connectivity index (χ0n) is 12.0. The average molecular weight is 295 g/mol. The van der Waals surface area contributed by atoms with Crippen molar-refractivity contribution in [2.45, 2.75) is 32.2 Å². The molecule has 3 nitrogen and oxygen atoms in total. The first kappa shape index (κ1) is 12.9. The van der Waals surface area contributed by atoms with E-state index in [0.29, 0.717) is 0 Å². The molecule has 0 spiro atoms. The molecular formula is C17H17N3S. The zero-order valence-corrected chi connectivity index (χ0v) is 12.8. The van der Waals surface area contributed by atoms with Crippen LogP contribution in [0.25, 0.3) is 21.5 Å². The van der Waals surface area contributed by atoms with Gasteiger partial charge in [-0.05, 0) is 50.5 Å². The maximum Gasteiger partial charge on any atom is 0.123 e. The van der Waals surface area contributed by atoms with E-state index in [9.17, 15) is 0 Å². The molecule has 0 fully saturated rings. The Balaban J connectivity index is 1.81. The number of nitrogens with two attached hydrogens (primary N) is 1. The molecule has 0 radical (unpaired) electrons. The topological polar surface area (TPSA) is 51.8 Å². The highest BCUT2D eigenvalue weighted by Gasteiger charge is 2.22. The maximum absolute atomic E-state index is 6.18. The number of aryl methyl sites for hydroxylation is 2. The molecular weight excluding hydrogens is 278 g/mol. The minimum absolute atomic E-state index is 0.114. The first-order valence-corrected chi connectivity index (χ1v) is 8.15. The lowest BCUT2D eigenvalue weighted by Gasteiger charge is -2.15. The zero-order chi connectivity index (χ0) is 14.4. The van der Waals surface area contributed by atoms with E-state index in [0.717, 1.165) is 40.1 Å². The number of aromatic nitrogens is 2. The van der Waals surface area contributed by atoms with Crippen LogP contribution in [0.2, 0.25) is 0 Å². The van der Waals surface area contributed by atoms with E-state index in [4.69, 9.17) is 10.7 Å². The minimum atomic E-state index is 0.114. The number of hydrogen-bond acceptors (Lipinski definition) is 4. The van der Waals surface area contributed by atoms with Crippen molar-refractivity contribution in [3.05, 3.63) is 46.6 Å². The van der Waals surface area contributed by atoms with Crippen LogP contribution in [0.4, 0.5) is 0 Å². The summed E-state index contributed by atoms with van der Waals surface area (Å²) < 4.78 is 0. The van der Waals surface area contributed by atoms with Crippen molar-refractivity contribution in [3.63, 3.8) is 0 Å². The summed E-state index contributed by atoms with van der Waals surface area (Å²) in [5.74, 6) is 0. The summed E-state index contributed by atoms with van der Waals surface area (Å²) in [6, 6.07) is 10.7. The number of rotatable bonds is 1. The van der Waals surface area contributed by atoms with Crippen molar-refractivity contribution in [2.24, 2.45) is 5.73 Å². The molecule has 2 N–H and O–H groups in total. The number of thiazole rings is 1. The van der Waals surface area contributed by atoms with Gasteiger partial charge in [-0.1, -0.05) is 6.07 Å². The Morgan fingerprint density at radius 2 is 2.10 bits per heavy atom. The molecule has 2 heterocycles. The van der Waals surface area contributed by atoms with Crippen molar-refractivity contribution < 1.29 is 0 Å². The van der Waals surface area contributed by atoms with E-state index in [-0.39, 0.29) is 6.04 Å². The SMILES string of the molecule is Cc1ccc2cc(-c3nc4c(s3)CCCC4N)ccc2n1. The summed E-state index contributed by atoms with van der Waals surface area (Å²) >= 11 is 1.79. The van der Waals surface area contributed by atoms with Gasteiger partial charge in [0.1, 0.15) is 5.01 Å². The van der Waals surface area contributed by atoms with Gasteiger partial charge >= 0.3 is 0 Å². The first-order chi connectivity index (χ1) is 10.2. The van der Waals surface area contributed by atoms with E-state index in [2.05, 4.69) is 35.3 Å². The fourth-order valence-corrected chi connectivity index (χ4v) is 4.11. The summed E-state index contributed by atoms with van der Waals surface area (Å²) in [5.41, 5.74) is 10.5. The highest BCUT2D eigenvalue weighted by molar-refractivity contribution is 7.15. The second-order valence-electron chi connectivity index (χ2n) is 5.69. The first-order valence-electron chi connectivity index (χ1n) is 7.34. The molecule has 1 aromatic carbocycles. The standard InChI is InChI=1S/C17H17N3S/c1-10-5-6-11-9-12(7-8-14(11)19-10)17-20-16-13(18)3-2-4-15(16)21-17/h5-9,13H,2-4,18H2,1H3. The fraction of sp³-hybridized carbons (Fsp3) is 0.294. The van der Waals surface area contributed by atoms with Crippen molar-refractivity contribution in [1.82, 2.24) is 9.97 Å². The molecule has 1 atom stereocenters. The van der Waals surface area contributed by atoms with E-state index in [1.165, 1.54) is 16.9 Å². The Morgan fingerprint density at radius 1 is 1.19 bits per heavy atom. The Hall–Kier alpha value is -1.78. The van der Waals surface area contributed by atoms with Crippen molar-refractivity contribution >= 4 is 22.2 Å². The molecule has 4 rings (SSSR count). The van der Waals surface area contributed by atoms with Gasteiger partial charge in [-0.25, -0.2) is 4.98 Å². The lowest BCUT2D eigenvalue weighted by Crippen LogP contribution is -2.16. The molecule has 1 aliphatic rings. The molecule has 0 amide bonds. The van der Waals surface area contributed by atoms with Crippen molar-refractivity contribution in [1.29, 1.82) is 0 Å². The smallest absolute Gasteiger partial charge is 0.123 e. The summed E-state index contributed by atoms with van der Waals surface area (Å²) in [6.45, 7) is 2.02. The van der Waals surface area contributed by atoms with Crippen molar-refractivity contribution in [2.75, 3.05) is 0 Å². The molecule has 106 valence electrons. The van der Waals surface area contributed by atoms with Gasteiger partial charge in [0, 0.05) is 27.6 Å². The number of pyridine rings is 1.